The van der Waals surface area contributed by atoms with Crippen LogP contribution in [0.25, 0.3) is 6.08 Å². The Morgan fingerprint density at radius 1 is 1.11 bits per heavy atom. The molecular formula is C24H14BrClFN3O6. The van der Waals surface area contributed by atoms with Gasteiger partial charge in [0, 0.05) is 12.1 Å². The number of rotatable bonds is 6. The number of amides is 4. The monoisotopic (exact) mass is 573 g/mol. The molecular weight excluding hydrogens is 561 g/mol. The lowest BCUT2D eigenvalue weighted by Crippen LogP contribution is -2.54. The first-order valence-corrected chi connectivity index (χ1v) is 11.3. The van der Waals surface area contributed by atoms with Crippen molar-refractivity contribution in [3.05, 3.63) is 103 Å². The van der Waals surface area contributed by atoms with Gasteiger partial charge in [0.15, 0.2) is 5.75 Å². The van der Waals surface area contributed by atoms with Gasteiger partial charge in [-0.05, 0) is 63.5 Å². The molecule has 0 bridgehead atoms. The summed E-state index contributed by atoms with van der Waals surface area (Å²) >= 11 is 9.69. The van der Waals surface area contributed by atoms with Gasteiger partial charge < -0.3 is 4.74 Å². The molecule has 1 fully saturated rings. The SMILES string of the molecule is O=C1NC(=O)N(c2cccc(F)c2)C(=O)/C1=C/c1cc(Cl)c(OCc2cccc([N+](=O)[O-])c2)c(Br)c1. The van der Waals surface area contributed by atoms with Gasteiger partial charge in [-0.15, -0.1) is 0 Å². The highest BCUT2D eigenvalue weighted by molar-refractivity contribution is 9.10. The van der Waals surface area contributed by atoms with Crippen molar-refractivity contribution in [2.75, 3.05) is 4.90 Å². The Hall–Kier alpha value is -4.09. The Bertz CT molecular complexity index is 1440. The Balaban J connectivity index is 1.59. The first-order chi connectivity index (χ1) is 17.1. The molecule has 1 N–H and O–H groups in total. The molecule has 4 amide bonds. The molecule has 3 aromatic rings. The number of nitrogens with one attached hydrogen (secondary N) is 1. The second kappa shape index (κ2) is 10.3. The Morgan fingerprint density at radius 3 is 2.56 bits per heavy atom. The summed E-state index contributed by atoms with van der Waals surface area (Å²) in [6.45, 7) is -0.00790. The zero-order valence-corrected chi connectivity index (χ0v) is 20.4. The predicted octanol–water partition coefficient (Wildman–Crippen LogP) is 5.40. The summed E-state index contributed by atoms with van der Waals surface area (Å²) in [7, 11) is 0. The molecule has 4 rings (SSSR count). The minimum Gasteiger partial charge on any atom is -0.486 e. The number of ether oxygens (including phenoxy) is 1. The number of non-ortho nitro benzene ring substituents is 1. The molecule has 1 saturated heterocycles. The zero-order valence-electron chi connectivity index (χ0n) is 18.0. The molecule has 9 nitrogen and oxygen atoms in total. The topological polar surface area (TPSA) is 119 Å². The molecule has 3 aromatic carbocycles. The smallest absolute Gasteiger partial charge is 0.335 e. The van der Waals surface area contributed by atoms with Gasteiger partial charge in [0.1, 0.15) is 18.0 Å². The van der Waals surface area contributed by atoms with Gasteiger partial charge in [0.05, 0.1) is 20.1 Å². The molecule has 0 aliphatic carbocycles. The van der Waals surface area contributed by atoms with Gasteiger partial charge in [0.25, 0.3) is 17.5 Å². The zero-order chi connectivity index (χ0) is 26.0. The van der Waals surface area contributed by atoms with Crippen LogP contribution in [-0.4, -0.2) is 22.8 Å². The largest absolute Gasteiger partial charge is 0.486 e. The van der Waals surface area contributed by atoms with E-state index in [1.54, 1.807) is 6.07 Å². The minimum absolute atomic E-state index is 0.00790. The van der Waals surface area contributed by atoms with Crippen molar-refractivity contribution in [3.8, 4) is 5.75 Å². The molecule has 0 radical (unpaired) electrons. The summed E-state index contributed by atoms with van der Waals surface area (Å²) in [5.74, 6) is -2.28. The third-order valence-corrected chi connectivity index (χ3v) is 5.87. The maximum Gasteiger partial charge on any atom is 0.335 e. The fraction of sp³-hybridized carbons (Fsp3) is 0.0417. The number of benzene rings is 3. The van der Waals surface area contributed by atoms with E-state index >= 15 is 0 Å². The Kier molecular flexibility index (Phi) is 7.13. The number of hydrogen-bond donors (Lipinski definition) is 1. The van der Waals surface area contributed by atoms with Gasteiger partial charge in [-0.3, -0.25) is 25.0 Å². The van der Waals surface area contributed by atoms with Crippen molar-refractivity contribution >= 4 is 62.8 Å². The van der Waals surface area contributed by atoms with E-state index in [1.807, 2.05) is 0 Å². The van der Waals surface area contributed by atoms with Gasteiger partial charge in [-0.25, -0.2) is 14.1 Å². The van der Waals surface area contributed by atoms with Crippen molar-refractivity contribution in [1.82, 2.24) is 5.32 Å². The average molecular weight is 575 g/mol. The summed E-state index contributed by atoms with van der Waals surface area (Å²) in [5.41, 5.74) is 0.392. The Morgan fingerprint density at radius 2 is 1.86 bits per heavy atom. The number of carbonyl (C=O) groups is 3. The van der Waals surface area contributed by atoms with Crippen LogP contribution in [0, 0.1) is 15.9 Å². The number of urea groups is 1. The molecule has 0 unspecified atom stereocenters. The van der Waals surface area contributed by atoms with E-state index in [4.69, 9.17) is 16.3 Å². The van der Waals surface area contributed by atoms with Gasteiger partial charge >= 0.3 is 6.03 Å². The number of nitro groups is 1. The molecule has 0 spiro atoms. The van der Waals surface area contributed by atoms with Gasteiger partial charge in [0.2, 0.25) is 0 Å². The molecule has 36 heavy (non-hydrogen) atoms. The number of hydrogen-bond acceptors (Lipinski definition) is 6. The van der Waals surface area contributed by atoms with Crippen molar-refractivity contribution in [1.29, 1.82) is 0 Å². The number of barbiturate groups is 1. The fourth-order valence-electron chi connectivity index (χ4n) is 3.39. The summed E-state index contributed by atoms with van der Waals surface area (Å²) in [6, 6.07) is 12.7. The van der Waals surface area contributed by atoms with Crippen LogP contribution < -0.4 is 15.0 Å². The number of imide groups is 2. The van der Waals surface area contributed by atoms with Gasteiger partial charge in [-0.1, -0.05) is 29.8 Å². The van der Waals surface area contributed by atoms with Crippen LogP contribution in [0.2, 0.25) is 5.02 Å². The summed E-state index contributed by atoms with van der Waals surface area (Å²) in [5, 5.41) is 13.1. The normalized spacial score (nSPS) is 14.7. The lowest BCUT2D eigenvalue weighted by molar-refractivity contribution is -0.384. The number of halogens is 3. The van der Waals surface area contributed by atoms with E-state index in [0.29, 0.717) is 20.5 Å². The van der Waals surface area contributed by atoms with Crippen LogP contribution in [-0.2, 0) is 16.2 Å². The lowest BCUT2D eigenvalue weighted by Gasteiger charge is -2.26. The number of anilines is 1. The minimum atomic E-state index is -1.00. The summed E-state index contributed by atoms with van der Waals surface area (Å²) in [4.78, 5) is 48.7. The second-order valence-electron chi connectivity index (χ2n) is 7.47. The molecule has 182 valence electrons. The van der Waals surface area contributed by atoms with E-state index in [9.17, 15) is 28.9 Å². The van der Waals surface area contributed by atoms with Crippen LogP contribution in [0.15, 0.2) is 70.7 Å². The summed E-state index contributed by atoms with van der Waals surface area (Å²) < 4.78 is 19.7. The van der Waals surface area contributed by atoms with Crippen LogP contribution in [0.5, 0.6) is 5.75 Å². The number of carbonyl (C=O) groups excluding carboxylic acids is 3. The van der Waals surface area contributed by atoms with E-state index in [-0.39, 0.29) is 34.3 Å². The number of nitrogens with zero attached hydrogens (tertiary/aromatic N) is 2. The molecule has 1 aliphatic heterocycles. The van der Waals surface area contributed by atoms with Crippen molar-refractivity contribution in [2.45, 2.75) is 6.61 Å². The summed E-state index contributed by atoms with van der Waals surface area (Å²) in [6.07, 6.45) is 1.23. The number of nitro benzene ring substituents is 1. The Labute approximate surface area is 216 Å². The second-order valence-corrected chi connectivity index (χ2v) is 8.73. The van der Waals surface area contributed by atoms with E-state index in [2.05, 4.69) is 21.2 Å². The first kappa shape index (κ1) is 25.0. The molecule has 0 aromatic heterocycles. The lowest BCUT2D eigenvalue weighted by atomic mass is 10.1. The molecule has 1 heterocycles. The maximum absolute atomic E-state index is 13.6. The third kappa shape index (κ3) is 5.26. The van der Waals surface area contributed by atoms with E-state index in [1.165, 1.54) is 48.5 Å². The van der Waals surface area contributed by atoms with Crippen LogP contribution in [0.1, 0.15) is 11.1 Å². The van der Waals surface area contributed by atoms with Gasteiger partial charge in [-0.2, -0.15) is 0 Å². The maximum atomic E-state index is 13.6. The van der Waals surface area contributed by atoms with Crippen LogP contribution in [0.3, 0.4) is 0 Å². The quantitative estimate of drug-likeness (QED) is 0.182. The van der Waals surface area contributed by atoms with Crippen molar-refractivity contribution in [3.63, 3.8) is 0 Å². The van der Waals surface area contributed by atoms with E-state index < -0.39 is 28.6 Å². The highest BCUT2D eigenvalue weighted by Gasteiger charge is 2.37. The first-order valence-electron chi connectivity index (χ1n) is 10.2. The standard InChI is InChI=1S/C24H14BrClFN3O6/c25-19-9-14(10-20(26)21(19)36-12-13-3-1-6-17(7-13)30(34)35)8-18-22(31)28-24(33)29(23(18)32)16-5-2-4-15(27)11-16/h1-11H,12H2,(H,28,31,33)/b18-8+. The van der Waals surface area contributed by atoms with E-state index in [0.717, 1.165) is 12.1 Å². The van der Waals surface area contributed by atoms with Crippen LogP contribution >= 0.6 is 27.5 Å². The third-order valence-electron chi connectivity index (χ3n) is 5.00. The molecule has 1 aliphatic rings. The molecule has 12 heteroatoms. The van der Waals surface area contributed by atoms with Crippen molar-refractivity contribution < 1.29 is 28.4 Å². The highest BCUT2D eigenvalue weighted by atomic mass is 79.9. The van der Waals surface area contributed by atoms with Crippen molar-refractivity contribution in [2.24, 2.45) is 0 Å². The molecule has 0 saturated carbocycles. The molecule has 0 atom stereocenters. The average Bonchev–Trinajstić information content (AvgIpc) is 2.81. The predicted molar refractivity (Wildman–Crippen MR) is 132 cm³/mol. The van der Waals surface area contributed by atoms with Crippen LogP contribution in [0.4, 0.5) is 20.6 Å². The highest BCUT2D eigenvalue weighted by Crippen LogP contribution is 2.36. The fourth-order valence-corrected chi connectivity index (χ4v) is 4.38.